The summed E-state index contributed by atoms with van der Waals surface area (Å²) in [4.78, 5) is 23.8. The van der Waals surface area contributed by atoms with Gasteiger partial charge in [-0.1, -0.05) is 30.6 Å². The maximum atomic E-state index is 12.3. The molecule has 25 heavy (non-hydrogen) atoms. The number of hydrogen-bond donors (Lipinski definition) is 2. The summed E-state index contributed by atoms with van der Waals surface area (Å²) in [6.45, 7) is 1.90. The number of carbonyl (C=O) groups excluding carboxylic acids is 2. The summed E-state index contributed by atoms with van der Waals surface area (Å²) in [5.74, 6) is 0.0262. The lowest BCUT2D eigenvalue weighted by atomic mass is 9.90. The smallest absolute Gasteiger partial charge is 0.321 e. The summed E-state index contributed by atoms with van der Waals surface area (Å²) in [7, 11) is 2.82. The van der Waals surface area contributed by atoms with E-state index in [1.54, 1.807) is 6.92 Å². The van der Waals surface area contributed by atoms with Crippen LogP contribution in [0, 0.1) is 0 Å². The predicted molar refractivity (Wildman–Crippen MR) is 94.8 cm³/mol. The largest absolute Gasteiger partial charge is 0.469 e. The van der Waals surface area contributed by atoms with Gasteiger partial charge >= 0.3 is 12.0 Å². The maximum absolute atomic E-state index is 12.3. The second kappa shape index (κ2) is 9.10. The lowest BCUT2D eigenvalue weighted by molar-refractivity contribution is -0.142. The van der Waals surface area contributed by atoms with E-state index >= 15 is 0 Å². The topological polar surface area (TPSA) is 102 Å². The van der Waals surface area contributed by atoms with Crippen molar-refractivity contribution in [3.8, 4) is 0 Å². The molecule has 0 bridgehead atoms. The van der Waals surface area contributed by atoms with Gasteiger partial charge in [-0.2, -0.15) is 0 Å². The summed E-state index contributed by atoms with van der Waals surface area (Å²) in [5, 5.41) is 15.2. The summed E-state index contributed by atoms with van der Waals surface area (Å²) in [6, 6.07) is -0.449. The normalized spacial score (nSPS) is 17.6. The molecule has 2 rings (SSSR count). The van der Waals surface area contributed by atoms with Gasteiger partial charge < -0.3 is 14.8 Å². The molecule has 1 fully saturated rings. The highest BCUT2D eigenvalue weighted by molar-refractivity contribution is 7.15. The van der Waals surface area contributed by atoms with E-state index in [-0.39, 0.29) is 13.0 Å². The molecule has 0 unspecified atom stereocenters. The monoisotopic (exact) mass is 370 g/mol. The Morgan fingerprint density at radius 3 is 2.60 bits per heavy atom. The van der Waals surface area contributed by atoms with Crippen molar-refractivity contribution in [2.24, 2.45) is 0 Å². The quantitative estimate of drug-likeness (QED) is 0.716. The number of esters is 1. The van der Waals surface area contributed by atoms with Crippen molar-refractivity contribution in [2.75, 3.05) is 26.1 Å². The van der Waals surface area contributed by atoms with Crippen LogP contribution in [0.15, 0.2) is 0 Å². The fourth-order valence-corrected chi connectivity index (χ4v) is 3.95. The number of urea groups is 1. The van der Waals surface area contributed by atoms with Crippen LogP contribution in [0.4, 0.5) is 9.93 Å². The number of hydrogen-bond acceptors (Lipinski definition) is 7. The Hall–Kier alpha value is -1.74. The van der Waals surface area contributed by atoms with Gasteiger partial charge in [0.25, 0.3) is 0 Å². The van der Waals surface area contributed by atoms with Gasteiger partial charge in [0.05, 0.1) is 25.7 Å². The summed E-state index contributed by atoms with van der Waals surface area (Å²) >= 11 is 1.41. The van der Waals surface area contributed by atoms with E-state index in [1.165, 1.54) is 44.8 Å². The minimum Gasteiger partial charge on any atom is -0.469 e. The zero-order valence-electron chi connectivity index (χ0n) is 15.0. The third-order valence-corrected chi connectivity index (χ3v) is 5.26. The van der Waals surface area contributed by atoms with Crippen LogP contribution >= 0.6 is 11.3 Å². The van der Waals surface area contributed by atoms with E-state index in [0.29, 0.717) is 11.0 Å². The number of ether oxygens (including phenoxy) is 2. The Morgan fingerprint density at radius 2 is 1.96 bits per heavy atom. The third-order valence-electron chi connectivity index (χ3n) is 4.26. The van der Waals surface area contributed by atoms with Crippen molar-refractivity contribution >= 4 is 28.5 Å². The molecule has 0 saturated heterocycles. The van der Waals surface area contributed by atoms with Gasteiger partial charge in [0.1, 0.15) is 5.01 Å². The van der Waals surface area contributed by atoms with E-state index in [2.05, 4.69) is 25.6 Å². The van der Waals surface area contributed by atoms with Gasteiger partial charge in [-0.05, 0) is 19.8 Å². The van der Waals surface area contributed by atoms with Crippen LogP contribution in [0.5, 0.6) is 0 Å². The van der Waals surface area contributed by atoms with Crippen LogP contribution in [-0.4, -0.2) is 48.6 Å². The zero-order valence-corrected chi connectivity index (χ0v) is 15.8. The van der Waals surface area contributed by atoms with Crippen molar-refractivity contribution in [3.05, 3.63) is 5.01 Å². The molecule has 8 nitrogen and oxygen atoms in total. The molecule has 2 amide bonds. The molecule has 1 aliphatic rings. The number of nitrogens with zero attached hydrogens (tertiary/aromatic N) is 2. The first-order valence-corrected chi connectivity index (χ1v) is 9.26. The standard InChI is InChI=1S/C16H26N4O4S/c1-16(10-23-2,9-12(21)24-3)18-14(22)17-15-20-19-13(25-15)11-7-5-4-6-8-11/h11H,4-10H2,1-3H3,(H2,17,18,20,22)/t16-/m0/s1. The van der Waals surface area contributed by atoms with Crippen molar-refractivity contribution in [1.29, 1.82) is 0 Å². The third kappa shape index (κ3) is 5.93. The van der Waals surface area contributed by atoms with E-state index in [0.717, 1.165) is 17.8 Å². The molecule has 1 aliphatic carbocycles. The Balaban J connectivity index is 1.93. The molecular formula is C16H26N4O4S. The highest BCUT2D eigenvalue weighted by atomic mass is 32.1. The zero-order chi connectivity index (χ0) is 18.3. The maximum Gasteiger partial charge on any atom is 0.321 e. The summed E-state index contributed by atoms with van der Waals surface area (Å²) in [6.07, 6.45) is 5.99. The van der Waals surface area contributed by atoms with E-state index in [1.807, 2.05) is 0 Å². The first-order chi connectivity index (χ1) is 12.0. The second-order valence-electron chi connectivity index (χ2n) is 6.61. The number of amides is 2. The average Bonchev–Trinajstić information content (AvgIpc) is 3.03. The Bertz CT molecular complexity index is 588. The van der Waals surface area contributed by atoms with E-state index in [4.69, 9.17) is 4.74 Å². The molecule has 0 aliphatic heterocycles. The highest BCUT2D eigenvalue weighted by Gasteiger charge is 2.30. The average molecular weight is 370 g/mol. The van der Waals surface area contributed by atoms with Crippen molar-refractivity contribution in [3.63, 3.8) is 0 Å². The highest BCUT2D eigenvalue weighted by Crippen LogP contribution is 2.35. The number of rotatable bonds is 7. The molecule has 2 N–H and O–H groups in total. The molecule has 0 radical (unpaired) electrons. The van der Waals surface area contributed by atoms with Crippen molar-refractivity contribution < 1.29 is 19.1 Å². The van der Waals surface area contributed by atoms with Crippen LogP contribution in [0.3, 0.4) is 0 Å². The van der Waals surface area contributed by atoms with E-state index < -0.39 is 17.5 Å². The molecule has 1 heterocycles. The summed E-state index contributed by atoms with van der Waals surface area (Å²) < 4.78 is 9.79. The van der Waals surface area contributed by atoms with Crippen molar-refractivity contribution in [1.82, 2.24) is 15.5 Å². The number of anilines is 1. The first kappa shape index (κ1) is 19.6. The van der Waals surface area contributed by atoms with Gasteiger partial charge in [-0.25, -0.2) is 4.79 Å². The van der Waals surface area contributed by atoms with Crippen molar-refractivity contribution in [2.45, 2.75) is 56.9 Å². The fourth-order valence-electron chi connectivity index (χ4n) is 3.04. The second-order valence-corrected chi connectivity index (χ2v) is 7.62. The van der Waals surface area contributed by atoms with Gasteiger partial charge in [-0.15, -0.1) is 10.2 Å². The molecule has 1 atom stereocenters. The molecule has 140 valence electrons. The number of carbonyl (C=O) groups is 2. The van der Waals surface area contributed by atoms with Gasteiger partial charge in [0.15, 0.2) is 0 Å². The lowest BCUT2D eigenvalue weighted by Crippen LogP contribution is -2.52. The van der Waals surface area contributed by atoms with Crippen LogP contribution in [-0.2, 0) is 14.3 Å². The number of methoxy groups -OCH3 is 2. The molecule has 9 heteroatoms. The Morgan fingerprint density at radius 1 is 1.24 bits per heavy atom. The first-order valence-electron chi connectivity index (χ1n) is 8.44. The van der Waals surface area contributed by atoms with Gasteiger partial charge in [-0.3, -0.25) is 10.1 Å². The molecular weight excluding hydrogens is 344 g/mol. The summed E-state index contributed by atoms with van der Waals surface area (Å²) in [5.41, 5.74) is -0.872. The Labute approximate surface area is 151 Å². The van der Waals surface area contributed by atoms with Crippen LogP contribution < -0.4 is 10.6 Å². The number of aromatic nitrogens is 2. The molecule has 0 aromatic carbocycles. The molecule has 1 saturated carbocycles. The Kier molecular flexibility index (Phi) is 7.12. The minimum absolute atomic E-state index is 0.00814. The van der Waals surface area contributed by atoms with Gasteiger partial charge in [0, 0.05) is 13.0 Å². The van der Waals surface area contributed by atoms with Crippen LogP contribution in [0.2, 0.25) is 0 Å². The van der Waals surface area contributed by atoms with Crippen LogP contribution in [0.1, 0.15) is 56.4 Å². The van der Waals surface area contributed by atoms with Gasteiger partial charge in [0.2, 0.25) is 5.13 Å². The molecule has 1 aromatic rings. The fraction of sp³-hybridized carbons (Fsp3) is 0.750. The predicted octanol–water partition coefficient (Wildman–Crippen LogP) is 2.68. The lowest BCUT2D eigenvalue weighted by Gasteiger charge is -2.28. The number of nitrogens with one attached hydrogen (secondary N) is 2. The van der Waals surface area contributed by atoms with Crippen LogP contribution in [0.25, 0.3) is 0 Å². The molecule has 0 spiro atoms. The minimum atomic E-state index is -0.872. The molecule has 1 aromatic heterocycles. The van der Waals surface area contributed by atoms with E-state index in [9.17, 15) is 9.59 Å². The SMILES string of the molecule is COC[C@](C)(CC(=O)OC)NC(=O)Nc1nnc(C2CCCCC2)s1.